The van der Waals surface area contributed by atoms with Gasteiger partial charge < -0.3 is 14.3 Å². The molecule has 3 fully saturated rings. The van der Waals surface area contributed by atoms with Crippen LogP contribution >= 0.6 is 11.8 Å². The SMILES string of the molecule is CSC(=O)C1(OC(=O)c2ccco2)C(C)C[C@H]2[C@@H]3CC(F)C4=CC(=O)C=C[C@]4(C)C3(F)C(O)C[C@@]21C. The maximum Gasteiger partial charge on any atom is 0.375 e. The number of alkyl halides is 2. The van der Waals surface area contributed by atoms with E-state index in [1.165, 1.54) is 37.5 Å². The second kappa shape index (κ2) is 8.12. The zero-order chi connectivity index (χ0) is 26.3. The summed E-state index contributed by atoms with van der Waals surface area (Å²) in [6, 6.07) is 2.96. The Morgan fingerprint density at radius 3 is 2.61 bits per heavy atom. The molecule has 1 heterocycles. The number of hydrogen-bond donors (Lipinski definition) is 1. The van der Waals surface area contributed by atoms with E-state index in [0.717, 1.165) is 17.8 Å². The van der Waals surface area contributed by atoms with Crippen LogP contribution in [0.25, 0.3) is 0 Å². The lowest BCUT2D eigenvalue weighted by atomic mass is 9.44. The number of thioether (sulfide) groups is 1. The zero-order valence-electron chi connectivity index (χ0n) is 20.6. The van der Waals surface area contributed by atoms with Crippen LogP contribution in [0.1, 0.15) is 50.6 Å². The van der Waals surface area contributed by atoms with E-state index in [2.05, 4.69) is 0 Å². The van der Waals surface area contributed by atoms with E-state index >= 15 is 8.78 Å². The van der Waals surface area contributed by atoms with Gasteiger partial charge in [0.15, 0.2) is 17.1 Å². The first kappa shape index (κ1) is 25.4. The number of aliphatic hydroxyl groups excluding tert-OH is 1. The summed E-state index contributed by atoms with van der Waals surface area (Å²) < 4.78 is 44.2. The zero-order valence-corrected chi connectivity index (χ0v) is 21.4. The Labute approximate surface area is 212 Å². The molecule has 0 spiro atoms. The first-order valence-corrected chi connectivity index (χ1v) is 13.4. The molecule has 0 saturated heterocycles. The fourth-order valence-electron chi connectivity index (χ4n) is 7.96. The van der Waals surface area contributed by atoms with Gasteiger partial charge in [-0.15, -0.1) is 0 Å². The molecule has 1 aromatic rings. The highest BCUT2D eigenvalue weighted by Gasteiger charge is 2.78. The largest absolute Gasteiger partial charge is 0.457 e. The molecule has 0 aliphatic heterocycles. The van der Waals surface area contributed by atoms with Gasteiger partial charge in [-0.25, -0.2) is 13.6 Å². The van der Waals surface area contributed by atoms with Gasteiger partial charge in [0.1, 0.15) is 6.17 Å². The van der Waals surface area contributed by atoms with E-state index in [-0.39, 0.29) is 24.2 Å². The van der Waals surface area contributed by atoms with Crippen molar-refractivity contribution in [1.82, 2.24) is 0 Å². The molecular formula is C27H30F2O6S. The molecule has 0 bridgehead atoms. The first-order chi connectivity index (χ1) is 16.9. The predicted molar refractivity (Wildman–Crippen MR) is 129 cm³/mol. The highest BCUT2D eigenvalue weighted by atomic mass is 32.2. The third-order valence-corrected chi connectivity index (χ3v) is 10.3. The molecule has 5 rings (SSSR count). The Morgan fingerprint density at radius 1 is 1.25 bits per heavy atom. The molecule has 1 aromatic heterocycles. The number of hydrogen-bond acceptors (Lipinski definition) is 7. The summed E-state index contributed by atoms with van der Waals surface area (Å²) in [5.74, 6) is -3.36. The summed E-state index contributed by atoms with van der Waals surface area (Å²) >= 11 is 0.912. The van der Waals surface area contributed by atoms with Gasteiger partial charge in [0, 0.05) is 22.7 Å². The Morgan fingerprint density at radius 2 is 1.97 bits per heavy atom. The van der Waals surface area contributed by atoms with E-state index in [1.807, 2.05) is 0 Å². The number of aliphatic hydroxyl groups is 1. The second-order valence-electron chi connectivity index (χ2n) is 11.1. The van der Waals surface area contributed by atoms with E-state index in [0.29, 0.717) is 6.42 Å². The van der Waals surface area contributed by atoms with Gasteiger partial charge in [-0.3, -0.25) is 9.59 Å². The van der Waals surface area contributed by atoms with Crippen LogP contribution in [0.15, 0.2) is 46.6 Å². The Bertz CT molecular complexity index is 1180. The third-order valence-electron chi connectivity index (χ3n) is 9.63. The maximum absolute atomic E-state index is 17.4. The number of carbonyl (C=O) groups is 3. The number of ether oxygens (including phenoxy) is 1. The van der Waals surface area contributed by atoms with Crippen LogP contribution in [0.5, 0.6) is 0 Å². The quantitative estimate of drug-likeness (QED) is 0.581. The van der Waals surface area contributed by atoms with Crippen molar-refractivity contribution in [2.75, 3.05) is 6.26 Å². The number of esters is 1. The van der Waals surface area contributed by atoms with E-state index < -0.39 is 69.0 Å². The smallest absolute Gasteiger partial charge is 0.375 e. The highest BCUT2D eigenvalue weighted by Crippen LogP contribution is 2.72. The minimum absolute atomic E-state index is 0.0400. The molecule has 0 aromatic carbocycles. The molecule has 3 saturated carbocycles. The Hall–Kier alpha value is -2.26. The minimum atomic E-state index is -2.27. The number of furan rings is 1. The standard InChI is InChI=1S/C27H30F2O6S/c1-14-10-16-17-12-19(28)18-11-15(30)7-8-24(18,2)26(17,29)21(31)13-25(16,3)27(14,23(33)36-4)35-22(32)20-6-5-9-34-20/h5-9,11,14,16-17,19,21,31H,10,12-13H2,1-4H3/t14?,16-,17-,19?,21?,24-,25-,26?,27?/m0/s1. The predicted octanol–water partition coefficient (Wildman–Crippen LogP) is 4.63. The van der Waals surface area contributed by atoms with Crippen molar-refractivity contribution >= 4 is 28.6 Å². The lowest BCUT2D eigenvalue weighted by Gasteiger charge is -2.63. The lowest BCUT2D eigenvalue weighted by molar-refractivity contribution is -0.221. The van der Waals surface area contributed by atoms with Crippen molar-refractivity contribution in [3.05, 3.63) is 48.0 Å². The molecule has 9 heteroatoms. The number of ketones is 1. The van der Waals surface area contributed by atoms with Crippen molar-refractivity contribution in [1.29, 1.82) is 0 Å². The summed E-state index contributed by atoms with van der Waals surface area (Å²) in [4.78, 5) is 38.7. The molecule has 6 nitrogen and oxygen atoms in total. The molecule has 0 amide bonds. The second-order valence-corrected chi connectivity index (χ2v) is 11.9. The lowest BCUT2D eigenvalue weighted by Crippen LogP contribution is -2.70. The fourth-order valence-corrected chi connectivity index (χ4v) is 8.74. The van der Waals surface area contributed by atoms with Crippen LogP contribution in [0, 0.1) is 28.6 Å². The number of carbonyl (C=O) groups excluding carboxylic acids is 3. The normalized spacial score (nSPS) is 45.4. The Balaban J connectivity index is 1.64. The average molecular weight is 521 g/mol. The van der Waals surface area contributed by atoms with Crippen LogP contribution in [0.3, 0.4) is 0 Å². The van der Waals surface area contributed by atoms with Crippen molar-refractivity contribution in [3.8, 4) is 0 Å². The van der Waals surface area contributed by atoms with Gasteiger partial charge >= 0.3 is 5.97 Å². The molecule has 9 atom stereocenters. The summed E-state index contributed by atoms with van der Waals surface area (Å²) in [7, 11) is 0. The van der Waals surface area contributed by atoms with E-state index in [1.54, 1.807) is 20.1 Å². The van der Waals surface area contributed by atoms with Gasteiger partial charge in [-0.05, 0) is 68.2 Å². The average Bonchev–Trinajstić information content (AvgIpc) is 3.44. The van der Waals surface area contributed by atoms with Gasteiger partial charge in [0.05, 0.1) is 12.4 Å². The summed E-state index contributed by atoms with van der Waals surface area (Å²) in [6.07, 6.45) is 3.38. The summed E-state index contributed by atoms with van der Waals surface area (Å²) in [5.41, 5.74) is -6.60. The van der Waals surface area contributed by atoms with Crippen LogP contribution in [-0.2, 0) is 14.3 Å². The van der Waals surface area contributed by atoms with Crippen molar-refractivity contribution in [2.45, 2.75) is 63.6 Å². The molecular weight excluding hydrogens is 490 g/mol. The molecule has 4 aliphatic carbocycles. The van der Waals surface area contributed by atoms with Gasteiger partial charge in [0.2, 0.25) is 10.9 Å². The topological polar surface area (TPSA) is 93.8 Å². The molecule has 1 N–H and O–H groups in total. The number of fused-ring (bicyclic) bond motifs is 5. The highest BCUT2D eigenvalue weighted by molar-refractivity contribution is 8.13. The molecule has 5 unspecified atom stereocenters. The van der Waals surface area contributed by atoms with Crippen molar-refractivity contribution < 1.29 is 37.4 Å². The van der Waals surface area contributed by atoms with Crippen molar-refractivity contribution in [2.24, 2.45) is 28.6 Å². The van der Waals surface area contributed by atoms with Crippen LogP contribution in [-0.4, -0.2) is 51.8 Å². The Kier molecular flexibility index (Phi) is 5.73. The number of halogens is 2. The van der Waals surface area contributed by atoms with Gasteiger partial charge in [-0.2, -0.15) is 0 Å². The van der Waals surface area contributed by atoms with E-state index in [4.69, 9.17) is 9.15 Å². The van der Waals surface area contributed by atoms with E-state index in [9.17, 15) is 19.5 Å². The third kappa shape index (κ3) is 2.96. The molecule has 0 radical (unpaired) electrons. The molecule has 194 valence electrons. The monoisotopic (exact) mass is 520 g/mol. The fraction of sp³-hybridized carbons (Fsp3) is 0.593. The molecule has 36 heavy (non-hydrogen) atoms. The van der Waals surface area contributed by atoms with Crippen LogP contribution in [0.4, 0.5) is 8.78 Å². The summed E-state index contributed by atoms with van der Waals surface area (Å²) in [6.45, 7) is 5.05. The van der Waals surface area contributed by atoms with Gasteiger partial charge in [0.25, 0.3) is 0 Å². The summed E-state index contributed by atoms with van der Waals surface area (Å²) in [5, 5.41) is 11.1. The van der Waals surface area contributed by atoms with Crippen LogP contribution < -0.4 is 0 Å². The van der Waals surface area contributed by atoms with Gasteiger partial charge in [-0.1, -0.05) is 31.7 Å². The van der Waals surface area contributed by atoms with Crippen molar-refractivity contribution in [3.63, 3.8) is 0 Å². The maximum atomic E-state index is 17.4. The number of allylic oxidation sites excluding steroid dienone is 4. The van der Waals surface area contributed by atoms with Crippen LogP contribution in [0.2, 0.25) is 0 Å². The first-order valence-electron chi connectivity index (χ1n) is 12.2. The minimum Gasteiger partial charge on any atom is -0.457 e. The number of rotatable bonds is 3. The molecule has 4 aliphatic rings.